The van der Waals surface area contributed by atoms with Crippen LogP contribution in [0.4, 0.5) is 0 Å². The molecule has 0 radical (unpaired) electrons. The molecule has 0 spiro atoms. The molecule has 1 aliphatic heterocycles. The van der Waals surface area contributed by atoms with Crippen molar-refractivity contribution in [3.05, 3.63) is 102 Å². The SMILES string of the molecule is C=CCN1C[C@@H](OCc2ccc(OC)cc2)[C@H](OCc2ccc(OC)cc2)[C@H]1COCc1ccc(OC)cc1. The number of methoxy groups -OCH3 is 3. The fraction of sp³-hybridized carbons (Fsp3) is 0.375. The standard InChI is InChI=1S/C32H39NO6/c1-5-18-33-19-31(38-21-25-8-14-28(35-3)15-9-25)32(39-22-26-10-16-29(36-4)17-11-26)30(33)23-37-20-24-6-12-27(34-2)13-7-24/h5-17,30-32H,1,18-23H2,2-4H3/t30-,31-,32-/m1/s1. The molecule has 1 aliphatic rings. The van der Waals surface area contributed by atoms with Crippen molar-refractivity contribution in [2.24, 2.45) is 0 Å². The molecule has 3 atom stereocenters. The van der Waals surface area contributed by atoms with Crippen LogP contribution >= 0.6 is 0 Å². The number of benzene rings is 3. The first-order valence-electron chi connectivity index (χ1n) is 13.2. The predicted molar refractivity (Wildman–Crippen MR) is 151 cm³/mol. The number of hydrogen-bond donors (Lipinski definition) is 0. The van der Waals surface area contributed by atoms with Crippen LogP contribution in [-0.4, -0.2) is 64.2 Å². The summed E-state index contributed by atoms with van der Waals surface area (Å²) in [7, 11) is 5.00. The molecule has 1 heterocycles. The molecule has 0 amide bonds. The van der Waals surface area contributed by atoms with Crippen molar-refractivity contribution in [3.8, 4) is 17.2 Å². The third-order valence-electron chi connectivity index (χ3n) is 6.93. The Morgan fingerprint density at radius 1 is 0.692 bits per heavy atom. The van der Waals surface area contributed by atoms with Gasteiger partial charge in [0.05, 0.1) is 59.9 Å². The molecule has 0 unspecified atom stereocenters. The van der Waals surface area contributed by atoms with Gasteiger partial charge in [0, 0.05) is 13.1 Å². The number of likely N-dealkylation sites (tertiary alicyclic amines) is 1. The Balaban J connectivity index is 1.45. The molecule has 4 rings (SSSR count). The molecule has 3 aromatic rings. The van der Waals surface area contributed by atoms with E-state index in [2.05, 4.69) is 11.5 Å². The van der Waals surface area contributed by atoms with Crippen molar-refractivity contribution in [1.82, 2.24) is 4.90 Å². The van der Waals surface area contributed by atoms with Crippen LogP contribution < -0.4 is 14.2 Å². The normalized spacial score (nSPS) is 19.1. The van der Waals surface area contributed by atoms with Crippen molar-refractivity contribution in [1.29, 1.82) is 0 Å². The molecule has 0 aromatic heterocycles. The summed E-state index contributed by atoms with van der Waals surface area (Å²) in [4.78, 5) is 2.33. The lowest BCUT2D eigenvalue weighted by Crippen LogP contribution is -2.41. The van der Waals surface area contributed by atoms with Gasteiger partial charge in [0.2, 0.25) is 0 Å². The van der Waals surface area contributed by atoms with Gasteiger partial charge in [0.1, 0.15) is 23.4 Å². The van der Waals surface area contributed by atoms with Gasteiger partial charge in [-0.25, -0.2) is 0 Å². The lowest BCUT2D eigenvalue weighted by Gasteiger charge is -2.28. The predicted octanol–water partition coefficient (Wildman–Crippen LogP) is 5.27. The van der Waals surface area contributed by atoms with Crippen molar-refractivity contribution in [2.75, 3.05) is 41.0 Å². The van der Waals surface area contributed by atoms with Crippen LogP contribution in [0.2, 0.25) is 0 Å². The smallest absolute Gasteiger partial charge is 0.118 e. The second-order valence-corrected chi connectivity index (χ2v) is 9.49. The second kappa shape index (κ2) is 14.7. The number of rotatable bonds is 15. The molecular weight excluding hydrogens is 494 g/mol. The Bertz CT molecular complexity index is 1130. The molecule has 0 bridgehead atoms. The van der Waals surface area contributed by atoms with E-state index < -0.39 is 0 Å². The van der Waals surface area contributed by atoms with Crippen LogP contribution in [0.1, 0.15) is 16.7 Å². The minimum Gasteiger partial charge on any atom is -0.497 e. The average molecular weight is 534 g/mol. The first kappa shape index (κ1) is 28.6. The van der Waals surface area contributed by atoms with E-state index in [-0.39, 0.29) is 18.2 Å². The van der Waals surface area contributed by atoms with E-state index >= 15 is 0 Å². The quantitative estimate of drug-likeness (QED) is 0.247. The van der Waals surface area contributed by atoms with Gasteiger partial charge in [-0.05, 0) is 53.1 Å². The zero-order valence-electron chi connectivity index (χ0n) is 23.1. The van der Waals surface area contributed by atoms with Crippen LogP contribution in [0.3, 0.4) is 0 Å². The maximum Gasteiger partial charge on any atom is 0.118 e. The summed E-state index contributed by atoms with van der Waals surface area (Å²) in [5, 5.41) is 0. The molecule has 39 heavy (non-hydrogen) atoms. The van der Waals surface area contributed by atoms with E-state index in [9.17, 15) is 0 Å². The summed E-state index contributed by atoms with van der Waals surface area (Å²) in [6.07, 6.45) is 1.61. The Labute approximate surface area is 231 Å². The highest BCUT2D eigenvalue weighted by Crippen LogP contribution is 2.27. The van der Waals surface area contributed by atoms with Crippen LogP contribution in [0.15, 0.2) is 85.5 Å². The van der Waals surface area contributed by atoms with Gasteiger partial charge in [-0.2, -0.15) is 0 Å². The van der Waals surface area contributed by atoms with Crippen LogP contribution in [0.25, 0.3) is 0 Å². The Morgan fingerprint density at radius 2 is 1.15 bits per heavy atom. The van der Waals surface area contributed by atoms with Crippen molar-refractivity contribution in [2.45, 2.75) is 38.1 Å². The van der Waals surface area contributed by atoms with Crippen molar-refractivity contribution < 1.29 is 28.4 Å². The third-order valence-corrected chi connectivity index (χ3v) is 6.93. The van der Waals surface area contributed by atoms with E-state index in [4.69, 9.17) is 28.4 Å². The average Bonchev–Trinajstić information content (AvgIpc) is 3.31. The zero-order valence-corrected chi connectivity index (χ0v) is 23.1. The van der Waals surface area contributed by atoms with E-state index in [0.29, 0.717) is 26.4 Å². The maximum absolute atomic E-state index is 6.56. The van der Waals surface area contributed by atoms with Crippen LogP contribution in [-0.2, 0) is 34.0 Å². The van der Waals surface area contributed by atoms with Gasteiger partial charge in [0.25, 0.3) is 0 Å². The van der Waals surface area contributed by atoms with E-state index in [1.165, 1.54) is 0 Å². The third kappa shape index (κ3) is 8.07. The second-order valence-electron chi connectivity index (χ2n) is 9.49. The van der Waals surface area contributed by atoms with Crippen molar-refractivity contribution >= 4 is 0 Å². The molecule has 3 aromatic carbocycles. The van der Waals surface area contributed by atoms with Gasteiger partial charge in [-0.1, -0.05) is 42.5 Å². The number of nitrogens with zero attached hydrogens (tertiary/aromatic N) is 1. The largest absolute Gasteiger partial charge is 0.497 e. The van der Waals surface area contributed by atoms with Crippen LogP contribution in [0.5, 0.6) is 17.2 Å². The molecule has 0 saturated carbocycles. The van der Waals surface area contributed by atoms with E-state index in [1.807, 2.05) is 78.9 Å². The molecule has 1 fully saturated rings. The molecule has 7 heteroatoms. The Morgan fingerprint density at radius 3 is 1.62 bits per heavy atom. The fourth-order valence-corrected chi connectivity index (χ4v) is 4.73. The van der Waals surface area contributed by atoms with Gasteiger partial charge in [-0.15, -0.1) is 6.58 Å². The highest BCUT2D eigenvalue weighted by atomic mass is 16.5. The summed E-state index contributed by atoms with van der Waals surface area (Å²) in [5.41, 5.74) is 3.25. The summed E-state index contributed by atoms with van der Waals surface area (Å²) in [6, 6.07) is 23.8. The van der Waals surface area contributed by atoms with E-state index in [1.54, 1.807) is 21.3 Å². The minimum atomic E-state index is -0.179. The summed E-state index contributed by atoms with van der Waals surface area (Å²) >= 11 is 0. The molecule has 0 aliphatic carbocycles. The topological polar surface area (TPSA) is 58.6 Å². The Kier molecular flexibility index (Phi) is 10.8. The summed E-state index contributed by atoms with van der Waals surface area (Å²) in [5.74, 6) is 2.48. The molecule has 1 saturated heterocycles. The van der Waals surface area contributed by atoms with Gasteiger partial charge in [-0.3, -0.25) is 4.90 Å². The molecule has 208 valence electrons. The van der Waals surface area contributed by atoms with Gasteiger partial charge >= 0.3 is 0 Å². The fourth-order valence-electron chi connectivity index (χ4n) is 4.73. The lowest BCUT2D eigenvalue weighted by molar-refractivity contribution is -0.0814. The lowest BCUT2D eigenvalue weighted by atomic mass is 10.1. The van der Waals surface area contributed by atoms with Crippen molar-refractivity contribution in [3.63, 3.8) is 0 Å². The van der Waals surface area contributed by atoms with Gasteiger partial charge in [0.15, 0.2) is 0 Å². The number of ether oxygens (including phenoxy) is 6. The van der Waals surface area contributed by atoms with E-state index in [0.717, 1.165) is 47.0 Å². The summed E-state index contributed by atoms with van der Waals surface area (Å²) < 4.78 is 35.1. The highest BCUT2D eigenvalue weighted by molar-refractivity contribution is 5.28. The molecule has 7 nitrogen and oxygen atoms in total. The maximum atomic E-state index is 6.56. The zero-order chi connectivity index (χ0) is 27.5. The minimum absolute atomic E-state index is 0.0142. The number of hydrogen-bond acceptors (Lipinski definition) is 7. The molecular formula is C32H39NO6. The first-order chi connectivity index (χ1) is 19.1. The monoisotopic (exact) mass is 533 g/mol. The van der Waals surface area contributed by atoms with Crippen LogP contribution in [0, 0.1) is 0 Å². The Hall–Kier alpha value is -3.36. The van der Waals surface area contributed by atoms with Gasteiger partial charge < -0.3 is 28.4 Å². The highest BCUT2D eigenvalue weighted by Gasteiger charge is 2.43. The summed E-state index contributed by atoms with van der Waals surface area (Å²) in [6.45, 7) is 7.39. The first-order valence-corrected chi connectivity index (χ1v) is 13.2. The molecule has 0 N–H and O–H groups in total.